The van der Waals surface area contributed by atoms with Crippen molar-refractivity contribution in [2.45, 2.75) is 19.0 Å². The van der Waals surface area contributed by atoms with Crippen molar-refractivity contribution in [2.75, 3.05) is 43.6 Å². The van der Waals surface area contributed by atoms with Crippen LogP contribution in [0, 0.1) is 0 Å². The Labute approximate surface area is 189 Å². The molecule has 1 N–H and O–H groups in total. The molecule has 0 saturated carbocycles. The summed E-state index contributed by atoms with van der Waals surface area (Å²) in [4.78, 5) is 23.3. The first-order chi connectivity index (χ1) is 15.5. The third-order valence-corrected chi connectivity index (χ3v) is 5.71. The van der Waals surface area contributed by atoms with Gasteiger partial charge < -0.3 is 24.3 Å². The molecule has 10 heteroatoms. The molecule has 1 saturated heterocycles. The topological polar surface area (TPSA) is 81.5 Å². The Kier molecular flexibility index (Phi) is 6.76. The van der Waals surface area contributed by atoms with E-state index in [4.69, 9.17) is 21.1 Å². The summed E-state index contributed by atoms with van der Waals surface area (Å²) in [6.07, 6.45) is 1.70. The molecule has 0 aliphatic carbocycles. The number of anilines is 3. The highest BCUT2D eigenvalue weighted by atomic mass is 35.5. The third kappa shape index (κ3) is 4.78. The van der Waals surface area contributed by atoms with Crippen molar-refractivity contribution in [2.24, 2.45) is 7.05 Å². The number of rotatable bonds is 7. The fourth-order valence-electron chi connectivity index (χ4n) is 3.65. The number of aryl methyl sites for hydroxylation is 1. The maximum absolute atomic E-state index is 13.5. The van der Waals surface area contributed by atoms with E-state index in [0.29, 0.717) is 49.3 Å². The highest BCUT2D eigenvalue weighted by Gasteiger charge is 2.21. The van der Waals surface area contributed by atoms with Crippen LogP contribution in [0.25, 0.3) is 10.9 Å². The summed E-state index contributed by atoms with van der Waals surface area (Å²) >= 11 is 6.33. The quantitative estimate of drug-likeness (QED) is 0.537. The summed E-state index contributed by atoms with van der Waals surface area (Å²) in [5.41, 5.74) is 1.30. The second kappa shape index (κ2) is 9.70. The number of pyridine rings is 1. The number of ether oxygens (including phenoxy) is 2. The van der Waals surface area contributed by atoms with Crippen molar-refractivity contribution in [3.63, 3.8) is 0 Å². The molecule has 170 valence electrons. The number of aromatic nitrogens is 3. The molecule has 2 aromatic heterocycles. The molecular weight excluding hydrogens is 437 g/mol. The minimum absolute atomic E-state index is 0.213. The summed E-state index contributed by atoms with van der Waals surface area (Å²) in [5.74, 6) is 1.23. The van der Waals surface area contributed by atoms with Crippen LogP contribution >= 0.6 is 11.6 Å². The monoisotopic (exact) mass is 461 g/mol. The van der Waals surface area contributed by atoms with Gasteiger partial charge in [-0.3, -0.25) is 4.79 Å². The van der Waals surface area contributed by atoms with Gasteiger partial charge in [0, 0.05) is 38.3 Å². The number of methoxy groups -OCH3 is 1. The molecule has 0 unspecified atom stereocenters. The average Bonchev–Trinajstić information content (AvgIpc) is 2.79. The van der Waals surface area contributed by atoms with Crippen LogP contribution < -0.4 is 20.5 Å². The van der Waals surface area contributed by atoms with Gasteiger partial charge in [-0.1, -0.05) is 11.6 Å². The Bertz CT molecular complexity index is 1160. The van der Waals surface area contributed by atoms with Crippen LogP contribution in [0.15, 0.2) is 35.3 Å². The lowest BCUT2D eigenvalue weighted by molar-refractivity contribution is 0.145. The molecule has 3 heterocycles. The Morgan fingerprint density at radius 1 is 1.25 bits per heavy atom. The van der Waals surface area contributed by atoms with Gasteiger partial charge in [-0.05, 0) is 37.1 Å². The SMILES string of the molecule is COCCOc1cc2cc(Nc3nc(N4CCC(F)CC4)ncc3Cl)ccc2n(C)c1=O. The average molecular weight is 462 g/mol. The van der Waals surface area contributed by atoms with Crippen LogP contribution in [-0.4, -0.2) is 54.1 Å². The van der Waals surface area contributed by atoms with Crippen LogP contribution in [-0.2, 0) is 11.8 Å². The molecule has 4 rings (SSSR count). The minimum atomic E-state index is -0.770. The van der Waals surface area contributed by atoms with Gasteiger partial charge in [-0.15, -0.1) is 0 Å². The Hall–Kier alpha value is -2.91. The van der Waals surface area contributed by atoms with Crippen molar-refractivity contribution in [1.29, 1.82) is 0 Å². The first-order valence-corrected chi connectivity index (χ1v) is 10.8. The van der Waals surface area contributed by atoms with E-state index < -0.39 is 6.17 Å². The molecule has 0 atom stereocenters. The summed E-state index contributed by atoms with van der Waals surface area (Å²) < 4.78 is 25.6. The summed E-state index contributed by atoms with van der Waals surface area (Å²) in [5, 5.41) is 4.42. The van der Waals surface area contributed by atoms with Crippen LogP contribution in [0.5, 0.6) is 5.75 Å². The van der Waals surface area contributed by atoms with Gasteiger partial charge in [0.15, 0.2) is 11.6 Å². The molecule has 8 nitrogen and oxygen atoms in total. The number of piperidine rings is 1. The number of nitrogens with zero attached hydrogens (tertiary/aromatic N) is 4. The Morgan fingerprint density at radius 3 is 2.78 bits per heavy atom. The maximum Gasteiger partial charge on any atom is 0.293 e. The normalized spacial score (nSPS) is 14.7. The van der Waals surface area contributed by atoms with Crippen molar-refractivity contribution in [3.05, 3.63) is 45.8 Å². The molecule has 1 aliphatic rings. The summed E-state index contributed by atoms with van der Waals surface area (Å²) in [6, 6.07) is 7.30. The highest BCUT2D eigenvalue weighted by Crippen LogP contribution is 2.28. The molecular formula is C22H25ClFN5O3. The minimum Gasteiger partial charge on any atom is -0.485 e. The number of alkyl halides is 1. The van der Waals surface area contributed by atoms with Crippen LogP contribution in [0.2, 0.25) is 5.02 Å². The van der Waals surface area contributed by atoms with E-state index in [1.807, 2.05) is 23.1 Å². The molecule has 3 aromatic rings. The zero-order valence-corrected chi connectivity index (χ0v) is 18.7. The van der Waals surface area contributed by atoms with E-state index >= 15 is 0 Å². The second-order valence-electron chi connectivity index (χ2n) is 7.64. The van der Waals surface area contributed by atoms with Crippen LogP contribution in [0.4, 0.5) is 21.8 Å². The van der Waals surface area contributed by atoms with Gasteiger partial charge in [-0.25, -0.2) is 9.37 Å². The first kappa shape index (κ1) is 22.3. The van der Waals surface area contributed by atoms with Crippen molar-refractivity contribution < 1.29 is 13.9 Å². The smallest absolute Gasteiger partial charge is 0.293 e. The molecule has 0 spiro atoms. The van der Waals surface area contributed by atoms with Crippen LogP contribution in [0.1, 0.15) is 12.8 Å². The lowest BCUT2D eigenvalue weighted by Crippen LogP contribution is -2.35. The largest absolute Gasteiger partial charge is 0.485 e. The molecule has 0 bridgehead atoms. The molecule has 1 fully saturated rings. The molecule has 32 heavy (non-hydrogen) atoms. The van der Waals surface area contributed by atoms with E-state index in [1.165, 1.54) is 0 Å². The number of benzene rings is 1. The van der Waals surface area contributed by atoms with Crippen molar-refractivity contribution in [1.82, 2.24) is 14.5 Å². The van der Waals surface area contributed by atoms with Gasteiger partial charge >= 0.3 is 0 Å². The predicted molar refractivity (Wildman–Crippen MR) is 123 cm³/mol. The van der Waals surface area contributed by atoms with E-state index in [0.717, 1.165) is 16.6 Å². The Morgan fingerprint density at radius 2 is 2.03 bits per heavy atom. The predicted octanol–water partition coefficient (Wildman–Crippen LogP) is 3.69. The van der Waals surface area contributed by atoms with Crippen molar-refractivity contribution in [3.8, 4) is 5.75 Å². The lowest BCUT2D eigenvalue weighted by Gasteiger charge is -2.28. The number of fused-ring (bicyclic) bond motifs is 1. The maximum atomic E-state index is 13.5. The standard InChI is InChI=1S/C22H25ClFN5O3/c1-28-18-4-3-16(11-14(18)12-19(21(28)30)32-10-9-31-2)26-20-17(23)13-25-22(27-20)29-7-5-15(24)6-8-29/h3-4,11-13,15H,5-10H2,1-2H3,(H,25,26,27). The zero-order valence-electron chi connectivity index (χ0n) is 18.0. The van der Waals surface area contributed by atoms with Crippen molar-refractivity contribution >= 4 is 40.0 Å². The van der Waals surface area contributed by atoms with Gasteiger partial charge in [0.05, 0.1) is 18.3 Å². The van der Waals surface area contributed by atoms with Gasteiger partial charge in [0.2, 0.25) is 5.95 Å². The number of hydrogen-bond donors (Lipinski definition) is 1. The highest BCUT2D eigenvalue weighted by molar-refractivity contribution is 6.32. The van der Waals surface area contributed by atoms with E-state index in [1.54, 1.807) is 31.0 Å². The molecule has 0 radical (unpaired) electrons. The fourth-order valence-corrected chi connectivity index (χ4v) is 3.79. The first-order valence-electron chi connectivity index (χ1n) is 10.4. The fraction of sp³-hybridized carbons (Fsp3) is 0.409. The summed E-state index contributed by atoms with van der Waals surface area (Å²) in [7, 11) is 3.28. The molecule has 1 aliphatic heterocycles. The van der Waals surface area contributed by atoms with Gasteiger partial charge in [0.1, 0.15) is 17.8 Å². The second-order valence-corrected chi connectivity index (χ2v) is 8.05. The third-order valence-electron chi connectivity index (χ3n) is 5.44. The van der Waals surface area contributed by atoms with Crippen LogP contribution in [0.3, 0.4) is 0 Å². The zero-order chi connectivity index (χ0) is 22.7. The van der Waals surface area contributed by atoms with E-state index in [2.05, 4.69) is 15.3 Å². The number of hydrogen-bond acceptors (Lipinski definition) is 7. The van der Waals surface area contributed by atoms with Gasteiger partial charge in [0.25, 0.3) is 5.56 Å². The van der Waals surface area contributed by atoms with Gasteiger partial charge in [-0.2, -0.15) is 4.98 Å². The Balaban J connectivity index is 1.60. The number of halogens is 2. The molecule has 1 aromatic carbocycles. The lowest BCUT2D eigenvalue weighted by atomic mass is 10.1. The number of nitrogens with one attached hydrogen (secondary N) is 1. The van der Waals surface area contributed by atoms with E-state index in [9.17, 15) is 9.18 Å². The summed E-state index contributed by atoms with van der Waals surface area (Å²) in [6.45, 7) is 1.81. The molecule has 0 amide bonds. The van der Waals surface area contributed by atoms with E-state index in [-0.39, 0.29) is 17.9 Å².